The van der Waals surface area contributed by atoms with Gasteiger partial charge in [-0.2, -0.15) is 0 Å². The number of carbonyl (C=O) groups is 2. The van der Waals surface area contributed by atoms with Crippen molar-refractivity contribution in [2.45, 2.75) is 31.7 Å². The molecule has 0 bridgehead atoms. The molecule has 1 saturated carbocycles. The average Bonchev–Trinajstić information content (AvgIpc) is 2.42. The van der Waals surface area contributed by atoms with Crippen molar-refractivity contribution >= 4 is 27.7 Å². The molecular weight excluding hydrogens is 327 g/mol. The van der Waals surface area contributed by atoms with Gasteiger partial charge in [0.1, 0.15) is 5.82 Å². The molecule has 0 radical (unpaired) electrons. The fourth-order valence-corrected chi connectivity index (χ4v) is 2.82. The van der Waals surface area contributed by atoms with Gasteiger partial charge in [0.25, 0.3) is 5.91 Å². The van der Waals surface area contributed by atoms with E-state index in [9.17, 15) is 14.0 Å². The van der Waals surface area contributed by atoms with Crippen molar-refractivity contribution in [3.05, 3.63) is 34.1 Å². The summed E-state index contributed by atoms with van der Waals surface area (Å²) in [4.78, 5) is 23.1. The number of nitrogens with two attached hydrogens (primary N) is 1. The Morgan fingerprint density at radius 1 is 1.25 bits per heavy atom. The van der Waals surface area contributed by atoms with E-state index in [0.717, 1.165) is 0 Å². The third kappa shape index (κ3) is 3.56. The smallest absolute Gasteiger partial charge is 0.254 e. The van der Waals surface area contributed by atoms with Crippen LogP contribution < -0.4 is 11.1 Å². The highest BCUT2D eigenvalue weighted by atomic mass is 79.9. The summed E-state index contributed by atoms with van der Waals surface area (Å²) in [5.41, 5.74) is 5.28. The summed E-state index contributed by atoms with van der Waals surface area (Å²) >= 11 is 3.22. The first kappa shape index (κ1) is 15.0. The fourth-order valence-electron chi connectivity index (χ4n) is 2.46. The monoisotopic (exact) mass is 342 g/mol. The third-order valence-corrected chi connectivity index (χ3v) is 4.13. The SMILES string of the molecule is NC(=O)C1CCC(NC(=O)c2cc(Br)ccc2F)CC1. The quantitative estimate of drug-likeness (QED) is 0.884. The molecule has 1 aliphatic rings. The van der Waals surface area contributed by atoms with Crippen molar-refractivity contribution in [1.82, 2.24) is 5.32 Å². The number of amides is 2. The van der Waals surface area contributed by atoms with Crippen LogP contribution in [0.5, 0.6) is 0 Å². The first-order chi connectivity index (χ1) is 9.47. The highest BCUT2D eigenvalue weighted by Crippen LogP contribution is 2.24. The van der Waals surface area contributed by atoms with Crippen molar-refractivity contribution in [2.24, 2.45) is 11.7 Å². The van der Waals surface area contributed by atoms with Gasteiger partial charge in [-0.25, -0.2) is 4.39 Å². The lowest BCUT2D eigenvalue weighted by molar-refractivity contribution is -0.122. The van der Waals surface area contributed by atoms with E-state index >= 15 is 0 Å². The van der Waals surface area contributed by atoms with E-state index in [1.165, 1.54) is 12.1 Å². The van der Waals surface area contributed by atoms with Gasteiger partial charge in [-0.1, -0.05) is 15.9 Å². The number of primary amides is 1. The number of carbonyl (C=O) groups excluding carboxylic acids is 2. The Labute approximate surface area is 125 Å². The molecule has 1 aromatic rings. The summed E-state index contributed by atoms with van der Waals surface area (Å²) in [5.74, 6) is -1.36. The van der Waals surface area contributed by atoms with Gasteiger partial charge in [0.15, 0.2) is 0 Å². The van der Waals surface area contributed by atoms with Crippen molar-refractivity contribution < 1.29 is 14.0 Å². The van der Waals surface area contributed by atoms with Crippen LogP contribution in [0.15, 0.2) is 22.7 Å². The Kier molecular flexibility index (Phi) is 4.75. The van der Waals surface area contributed by atoms with Crippen LogP contribution in [0.2, 0.25) is 0 Å². The van der Waals surface area contributed by atoms with Gasteiger partial charge < -0.3 is 11.1 Å². The van der Waals surface area contributed by atoms with Crippen LogP contribution in [0.3, 0.4) is 0 Å². The van der Waals surface area contributed by atoms with E-state index in [4.69, 9.17) is 5.73 Å². The van der Waals surface area contributed by atoms with Crippen molar-refractivity contribution in [3.63, 3.8) is 0 Å². The van der Waals surface area contributed by atoms with Gasteiger partial charge in [-0.05, 0) is 43.9 Å². The van der Waals surface area contributed by atoms with Crippen LogP contribution in [0, 0.1) is 11.7 Å². The van der Waals surface area contributed by atoms with Gasteiger partial charge in [0.05, 0.1) is 5.56 Å². The molecule has 2 rings (SSSR count). The molecule has 0 aromatic heterocycles. The second kappa shape index (κ2) is 6.35. The Bertz CT molecular complexity index is 528. The van der Waals surface area contributed by atoms with Crippen LogP contribution in [0.4, 0.5) is 4.39 Å². The molecular formula is C14H16BrFN2O2. The Morgan fingerprint density at radius 3 is 2.50 bits per heavy atom. The van der Waals surface area contributed by atoms with E-state index in [1.807, 2.05) is 0 Å². The number of nitrogens with one attached hydrogen (secondary N) is 1. The number of hydrogen-bond acceptors (Lipinski definition) is 2. The zero-order valence-corrected chi connectivity index (χ0v) is 12.5. The van der Waals surface area contributed by atoms with Gasteiger partial charge in [0, 0.05) is 16.4 Å². The van der Waals surface area contributed by atoms with Crippen LogP contribution in [-0.4, -0.2) is 17.9 Å². The van der Waals surface area contributed by atoms with Gasteiger partial charge in [-0.3, -0.25) is 9.59 Å². The van der Waals surface area contributed by atoms with Gasteiger partial charge in [0.2, 0.25) is 5.91 Å². The van der Waals surface area contributed by atoms with E-state index < -0.39 is 11.7 Å². The number of hydrogen-bond donors (Lipinski definition) is 2. The Morgan fingerprint density at radius 2 is 1.90 bits per heavy atom. The molecule has 0 heterocycles. The molecule has 20 heavy (non-hydrogen) atoms. The molecule has 0 atom stereocenters. The first-order valence-corrected chi connectivity index (χ1v) is 7.32. The molecule has 1 aromatic carbocycles. The van der Waals surface area contributed by atoms with E-state index in [0.29, 0.717) is 30.2 Å². The minimum absolute atomic E-state index is 0.0244. The Balaban J connectivity index is 1.96. The second-order valence-corrected chi connectivity index (χ2v) is 5.96. The zero-order chi connectivity index (χ0) is 14.7. The van der Waals surface area contributed by atoms with E-state index in [2.05, 4.69) is 21.2 Å². The summed E-state index contributed by atoms with van der Waals surface area (Å²) in [7, 11) is 0. The predicted molar refractivity (Wildman–Crippen MR) is 76.5 cm³/mol. The lowest BCUT2D eigenvalue weighted by Crippen LogP contribution is -2.40. The number of halogens is 2. The summed E-state index contributed by atoms with van der Waals surface area (Å²) in [5, 5.41) is 2.81. The molecule has 3 N–H and O–H groups in total. The normalized spacial score (nSPS) is 22.3. The van der Waals surface area contributed by atoms with Gasteiger partial charge in [-0.15, -0.1) is 0 Å². The molecule has 0 saturated heterocycles. The standard InChI is InChI=1S/C14H16BrFN2O2/c15-9-3-6-12(16)11(7-9)14(20)18-10-4-1-8(2-5-10)13(17)19/h3,6-8,10H,1-2,4-5H2,(H2,17,19)(H,18,20). The summed E-state index contributed by atoms with van der Waals surface area (Å²) in [6, 6.07) is 4.23. The molecule has 1 fully saturated rings. The maximum absolute atomic E-state index is 13.6. The Hall–Kier alpha value is -1.43. The first-order valence-electron chi connectivity index (χ1n) is 6.52. The van der Waals surface area contributed by atoms with Gasteiger partial charge >= 0.3 is 0 Å². The largest absolute Gasteiger partial charge is 0.369 e. The summed E-state index contributed by atoms with van der Waals surface area (Å²) in [6.07, 6.45) is 2.71. The molecule has 0 spiro atoms. The molecule has 6 heteroatoms. The summed E-state index contributed by atoms with van der Waals surface area (Å²) in [6.45, 7) is 0. The molecule has 2 amide bonds. The zero-order valence-electron chi connectivity index (χ0n) is 10.9. The van der Waals surface area contributed by atoms with Crippen molar-refractivity contribution in [1.29, 1.82) is 0 Å². The molecule has 0 aliphatic heterocycles. The van der Waals surface area contributed by atoms with Crippen LogP contribution >= 0.6 is 15.9 Å². The lowest BCUT2D eigenvalue weighted by atomic mass is 9.85. The summed E-state index contributed by atoms with van der Waals surface area (Å²) < 4.78 is 14.3. The maximum Gasteiger partial charge on any atom is 0.254 e. The molecule has 4 nitrogen and oxygen atoms in total. The average molecular weight is 343 g/mol. The van der Waals surface area contributed by atoms with Crippen LogP contribution in [0.1, 0.15) is 36.0 Å². The maximum atomic E-state index is 13.6. The van der Waals surface area contributed by atoms with Crippen molar-refractivity contribution in [3.8, 4) is 0 Å². The lowest BCUT2D eigenvalue weighted by Gasteiger charge is -2.27. The fraction of sp³-hybridized carbons (Fsp3) is 0.429. The number of benzene rings is 1. The second-order valence-electron chi connectivity index (χ2n) is 5.05. The predicted octanol–water partition coefficient (Wildman–Crippen LogP) is 2.36. The van der Waals surface area contributed by atoms with Crippen LogP contribution in [0.25, 0.3) is 0 Å². The topological polar surface area (TPSA) is 72.2 Å². The molecule has 1 aliphatic carbocycles. The highest BCUT2D eigenvalue weighted by Gasteiger charge is 2.26. The number of rotatable bonds is 3. The minimum atomic E-state index is -0.545. The molecule has 108 valence electrons. The van der Waals surface area contributed by atoms with Crippen molar-refractivity contribution in [2.75, 3.05) is 0 Å². The van der Waals surface area contributed by atoms with E-state index in [1.54, 1.807) is 6.07 Å². The van der Waals surface area contributed by atoms with Crippen LogP contribution in [-0.2, 0) is 4.79 Å². The third-order valence-electron chi connectivity index (χ3n) is 3.64. The van der Waals surface area contributed by atoms with E-state index in [-0.39, 0.29) is 23.4 Å². The molecule has 0 unspecified atom stereocenters. The highest BCUT2D eigenvalue weighted by molar-refractivity contribution is 9.10. The minimum Gasteiger partial charge on any atom is -0.369 e.